The summed E-state index contributed by atoms with van der Waals surface area (Å²) in [5.74, 6) is 0. The van der Waals surface area contributed by atoms with E-state index < -0.39 is 9.84 Å². The second-order valence-corrected chi connectivity index (χ2v) is 5.60. The first kappa shape index (κ1) is 10.4. The lowest BCUT2D eigenvalue weighted by Gasteiger charge is -2.02. The van der Waals surface area contributed by atoms with Gasteiger partial charge in [0.15, 0.2) is 14.9 Å². The van der Waals surface area contributed by atoms with Crippen molar-refractivity contribution in [3.05, 3.63) is 35.4 Å². The third-order valence-corrected chi connectivity index (χ3v) is 3.30. The Bertz CT molecular complexity index is 622. The first-order valence-corrected chi connectivity index (χ1v) is 6.51. The molecule has 15 heavy (non-hydrogen) atoms. The van der Waals surface area contributed by atoms with Crippen molar-refractivity contribution in [1.82, 2.24) is 4.98 Å². The Morgan fingerprint density at radius 2 is 1.93 bits per heavy atom. The average molecular weight is 242 g/mol. The van der Waals surface area contributed by atoms with E-state index in [0.717, 1.165) is 11.6 Å². The summed E-state index contributed by atoms with van der Waals surface area (Å²) >= 11 is 5.96. The number of pyridine rings is 1. The maximum atomic E-state index is 11.3. The topological polar surface area (TPSA) is 47.0 Å². The van der Waals surface area contributed by atoms with Crippen LogP contribution in [0.2, 0.25) is 5.02 Å². The van der Waals surface area contributed by atoms with Gasteiger partial charge in [-0.2, -0.15) is 0 Å². The zero-order valence-electron chi connectivity index (χ0n) is 7.94. The van der Waals surface area contributed by atoms with Crippen LogP contribution in [0.3, 0.4) is 0 Å². The number of sulfone groups is 1. The van der Waals surface area contributed by atoms with Crippen molar-refractivity contribution >= 4 is 32.3 Å². The first-order valence-electron chi connectivity index (χ1n) is 4.24. The Balaban J connectivity index is 2.85. The molecular weight excluding hydrogens is 234 g/mol. The number of hydrogen-bond donors (Lipinski definition) is 0. The van der Waals surface area contributed by atoms with Gasteiger partial charge in [0, 0.05) is 11.6 Å². The van der Waals surface area contributed by atoms with E-state index in [2.05, 4.69) is 4.98 Å². The molecule has 0 saturated carbocycles. The molecule has 0 radical (unpaired) electrons. The molecule has 0 N–H and O–H groups in total. The SMILES string of the molecule is CS(=O)(=O)c1cc(Cl)c2ccccc2n1. The quantitative estimate of drug-likeness (QED) is 0.770. The fourth-order valence-corrected chi connectivity index (χ4v) is 2.22. The highest BCUT2D eigenvalue weighted by molar-refractivity contribution is 7.90. The lowest BCUT2D eigenvalue weighted by Crippen LogP contribution is -2.00. The number of aromatic nitrogens is 1. The van der Waals surface area contributed by atoms with Crippen molar-refractivity contribution in [2.75, 3.05) is 6.26 Å². The van der Waals surface area contributed by atoms with Gasteiger partial charge in [0.1, 0.15) is 0 Å². The van der Waals surface area contributed by atoms with Crippen LogP contribution in [0.25, 0.3) is 10.9 Å². The molecule has 0 aliphatic carbocycles. The van der Waals surface area contributed by atoms with Gasteiger partial charge in [0.2, 0.25) is 0 Å². The Hall–Kier alpha value is -1.13. The molecule has 2 aromatic rings. The highest BCUT2D eigenvalue weighted by Crippen LogP contribution is 2.24. The summed E-state index contributed by atoms with van der Waals surface area (Å²) in [7, 11) is -3.31. The number of nitrogens with zero attached hydrogens (tertiary/aromatic N) is 1. The maximum Gasteiger partial charge on any atom is 0.192 e. The van der Waals surface area contributed by atoms with E-state index in [1.54, 1.807) is 18.2 Å². The molecule has 0 spiro atoms. The highest BCUT2D eigenvalue weighted by Gasteiger charge is 2.11. The first-order chi connectivity index (χ1) is 6.98. The summed E-state index contributed by atoms with van der Waals surface area (Å²) in [5, 5.41) is 1.17. The second-order valence-electron chi connectivity index (χ2n) is 3.23. The number of benzene rings is 1. The lowest BCUT2D eigenvalue weighted by atomic mass is 10.2. The van der Waals surface area contributed by atoms with E-state index in [1.165, 1.54) is 6.07 Å². The molecule has 0 aliphatic rings. The Morgan fingerprint density at radius 3 is 2.60 bits per heavy atom. The zero-order chi connectivity index (χ0) is 11.1. The van der Waals surface area contributed by atoms with Gasteiger partial charge in [-0.05, 0) is 12.1 Å². The van der Waals surface area contributed by atoms with Crippen molar-refractivity contribution in [2.24, 2.45) is 0 Å². The molecule has 2 rings (SSSR count). The zero-order valence-corrected chi connectivity index (χ0v) is 9.51. The van der Waals surface area contributed by atoms with Gasteiger partial charge in [-0.3, -0.25) is 0 Å². The van der Waals surface area contributed by atoms with Crippen LogP contribution in [0.5, 0.6) is 0 Å². The number of rotatable bonds is 1. The van der Waals surface area contributed by atoms with Gasteiger partial charge in [-0.25, -0.2) is 13.4 Å². The number of halogens is 1. The van der Waals surface area contributed by atoms with Crippen molar-refractivity contribution < 1.29 is 8.42 Å². The van der Waals surface area contributed by atoms with Crippen molar-refractivity contribution in [3.8, 4) is 0 Å². The third-order valence-electron chi connectivity index (χ3n) is 2.02. The van der Waals surface area contributed by atoms with Gasteiger partial charge < -0.3 is 0 Å². The Kier molecular flexibility index (Phi) is 2.40. The molecule has 1 aromatic heterocycles. The van der Waals surface area contributed by atoms with E-state index in [4.69, 9.17) is 11.6 Å². The molecule has 0 bridgehead atoms. The predicted molar refractivity (Wildman–Crippen MR) is 59.9 cm³/mol. The van der Waals surface area contributed by atoms with Crippen LogP contribution in [-0.2, 0) is 9.84 Å². The van der Waals surface area contributed by atoms with Gasteiger partial charge in [-0.15, -0.1) is 0 Å². The fraction of sp³-hybridized carbons (Fsp3) is 0.100. The van der Waals surface area contributed by atoms with E-state index >= 15 is 0 Å². The van der Waals surface area contributed by atoms with Crippen LogP contribution in [0, 0.1) is 0 Å². The van der Waals surface area contributed by atoms with Gasteiger partial charge in [-0.1, -0.05) is 29.8 Å². The molecule has 0 saturated heterocycles. The molecule has 3 nitrogen and oxygen atoms in total. The van der Waals surface area contributed by atoms with Gasteiger partial charge in [0.25, 0.3) is 0 Å². The van der Waals surface area contributed by atoms with Crippen LogP contribution in [0.15, 0.2) is 35.4 Å². The minimum absolute atomic E-state index is 0.00574. The lowest BCUT2D eigenvalue weighted by molar-refractivity contribution is 0.599. The smallest absolute Gasteiger partial charge is 0.192 e. The molecule has 5 heteroatoms. The molecule has 0 unspecified atom stereocenters. The third kappa shape index (κ3) is 1.96. The van der Waals surface area contributed by atoms with E-state index in [9.17, 15) is 8.42 Å². The fourth-order valence-electron chi connectivity index (χ4n) is 1.30. The largest absolute Gasteiger partial charge is 0.236 e. The monoisotopic (exact) mass is 241 g/mol. The second kappa shape index (κ2) is 3.47. The molecular formula is C10H8ClNO2S. The molecule has 0 atom stereocenters. The molecule has 0 aliphatic heterocycles. The standard InChI is InChI=1S/C10H8ClNO2S/c1-15(13,14)10-6-8(11)7-4-2-3-5-9(7)12-10/h2-6H,1H3. The van der Waals surface area contributed by atoms with Gasteiger partial charge in [0.05, 0.1) is 10.5 Å². The van der Waals surface area contributed by atoms with Crippen molar-refractivity contribution in [2.45, 2.75) is 5.03 Å². The molecule has 0 fully saturated rings. The normalized spacial score (nSPS) is 11.9. The van der Waals surface area contributed by atoms with Crippen molar-refractivity contribution in [3.63, 3.8) is 0 Å². The van der Waals surface area contributed by atoms with E-state index in [0.29, 0.717) is 10.5 Å². The van der Waals surface area contributed by atoms with E-state index in [-0.39, 0.29) is 5.03 Å². The molecule has 0 amide bonds. The van der Waals surface area contributed by atoms with Crippen LogP contribution in [-0.4, -0.2) is 19.7 Å². The number of fused-ring (bicyclic) bond motifs is 1. The summed E-state index contributed by atoms with van der Waals surface area (Å²) in [5.41, 5.74) is 0.588. The summed E-state index contributed by atoms with van der Waals surface area (Å²) in [6, 6.07) is 8.53. The van der Waals surface area contributed by atoms with Crippen molar-refractivity contribution in [1.29, 1.82) is 0 Å². The van der Waals surface area contributed by atoms with Crippen LogP contribution in [0.4, 0.5) is 0 Å². The van der Waals surface area contributed by atoms with Crippen LogP contribution < -0.4 is 0 Å². The molecule has 78 valence electrons. The Labute approximate surface area is 92.6 Å². The summed E-state index contributed by atoms with van der Waals surface area (Å²) < 4.78 is 22.6. The minimum Gasteiger partial charge on any atom is -0.236 e. The molecule has 1 aromatic carbocycles. The predicted octanol–water partition coefficient (Wildman–Crippen LogP) is 2.29. The summed E-state index contributed by atoms with van der Waals surface area (Å²) in [4.78, 5) is 4.03. The number of para-hydroxylation sites is 1. The van der Waals surface area contributed by atoms with E-state index in [1.807, 2.05) is 6.07 Å². The van der Waals surface area contributed by atoms with Gasteiger partial charge >= 0.3 is 0 Å². The average Bonchev–Trinajstić information content (AvgIpc) is 2.16. The van der Waals surface area contributed by atoms with Crippen LogP contribution >= 0.6 is 11.6 Å². The highest BCUT2D eigenvalue weighted by atomic mass is 35.5. The summed E-state index contributed by atoms with van der Waals surface area (Å²) in [6.07, 6.45) is 1.11. The molecule has 1 heterocycles. The number of hydrogen-bond acceptors (Lipinski definition) is 3. The summed E-state index contributed by atoms with van der Waals surface area (Å²) in [6.45, 7) is 0. The maximum absolute atomic E-state index is 11.3. The Morgan fingerprint density at radius 1 is 1.27 bits per heavy atom. The van der Waals surface area contributed by atoms with Crippen LogP contribution in [0.1, 0.15) is 0 Å². The minimum atomic E-state index is -3.31.